The van der Waals surface area contributed by atoms with Crippen LogP contribution in [0, 0.1) is 0 Å². The van der Waals surface area contributed by atoms with Gasteiger partial charge in [0.15, 0.2) is 0 Å². The number of carbonyl (C=O) groups excluding carboxylic acids is 2. The Morgan fingerprint density at radius 3 is 2.17 bits per heavy atom. The predicted molar refractivity (Wildman–Crippen MR) is 192 cm³/mol. The van der Waals surface area contributed by atoms with Gasteiger partial charge in [-0.15, -0.1) is 22.7 Å². The summed E-state index contributed by atoms with van der Waals surface area (Å²) in [7, 11) is 2.18. The molecule has 4 aromatic heterocycles. The SMILES string of the molecule is CC(=O)NC(C(=O)N1CCC[C@H]1c1ncc(-c2ccc(-c3csc4c(-c5cnc([C@@H]6CCCN6C)[nH]5)csc34)cc2)[nH]1)c1ccccc1. The zero-order valence-corrected chi connectivity index (χ0v) is 28.5. The van der Waals surface area contributed by atoms with Crippen LogP contribution in [-0.2, 0) is 9.59 Å². The van der Waals surface area contributed by atoms with Crippen molar-refractivity contribution in [1.29, 1.82) is 0 Å². The number of hydrogen-bond acceptors (Lipinski definition) is 7. The summed E-state index contributed by atoms with van der Waals surface area (Å²) in [6.45, 7) is 3.18. The van der Waals surface area contributed by atoms with Gasteiger partial charge in [-0.2, -0.15) is 0 Å². The Morgan fingerprint density at radius 1 is 0.812 bits per heavy atom. The van der Waals surface area contributed by atoms with Crippen molar-refractivity contribution in [2.45, 2.75) is 50.7 Å². The third-order valence-corrected chi connectivity index (χ3v) is 11.8. The first-order valence-corrected chi connectivity index (χ1v) is 18.2. The second-order valence-corrected chi connectivity index (χ2v) is 14.5. The fraction of sp³-hybridized carbons (Fsp3) is 0.297. The molecule has 0 aliphatic carbocycles. The molecule has 6 aromatic rings. The largest absolute Gasteiger partial charge is 0.341 e. The van der Waals surface area contributed by atoms with E-state index in [9.17, 15) is 9.59 Å². The Balaban J connectivity index is 0.998. The number of H-pyrrole nitrogens is 2. The van der Waals surface area contributed by atoms with Crippen molar-refractivity contribution in [1.82, 2.24) is 35.1 Å². The molecule has 3 N–H and O–H groups in total. The van der Waals surface area contributed by atoms with E-state index in [1.807, 2.05) is 47.6 Å². The number of aromatic amines is 2. The summed E-state index contributed by atoms with van der Waals surface area (Å²) in [5.41, 5.74) is 7.44. The maximum Gasteiger partial charge on any atom is 0.250 e. The van der Waals surface area contributed by atoms with E-state index in [0.717, 1.165) is 60.0 Å². The maximum atomic E-state index is 13.8. The van der Waals surface area contributed by atoms with Crippen LogP contribution >= 0.6 is 22.7 Å². The van der Waals surface area contributed by atoms with Crippen molar-refractivity contribution in [2.75, 3.05) is 20.1 Å². The van der Waals surface area contributed by atoms with Crippen LogP contribution in [0.4, 0.5) is 0 Å². The minimum atomic E-state index is -0.731. The molecule has 6 heterocycles. The van der Waals surface area contributed by atoms with E-state index in [1.54, 1.807) is 22.7 Å². The minimum Gasteiger partial charge on any atom is -0.341 e. The number of carbonyl (C=O) groups is 2. The highest BCUT2D eigenvalue weighted by atomic mass is 32.1. The normalized spacial score (nSPS) is 18.9. The van der Waals surface area contributed by atoms with Crippen molar-refractivity contribution in [3.05, 3.63) is 95.0 Å². The van der Waals surface area contributed by atoms with Gasteiger partial charge in [0, 0.05) is 35.4 Å². The van der Waals surface area contributed by atoms with Crippen LogP contribution < -0.4 is 5.32 Å². The molecule has 0 spiro atoms. The van der Waals surface area contributed by atoms with Gasteiger partial charge in [0.05, 0.1) is 45.3 Å². The number of imidazole rings is 2. The van der Waals surface area contributed by atoms with Gasteiger partial charge in [-0.1, -0.05) is 54.6 Å². The number of thiophene rings is 2. The number of nitrogens with one attached hydrogen (secondary N) is 3. The molecular weight excluding hydrogens is 639 g/mol. The lowest BCUT2D eigenvalue weighted by molar-refractivity contribution is -0.137. The molecule has 2 amide bonds. The Hall–Kier alpha value is -4.58. The fourth-order valence-corrected chi connectivity index (χ4v) is 9.65. The molecule has 244 valence electrons. The van der Waals surface area contributed by atoms with Gasteiger partial charge in [0.1, 0.15) is 17.7 Å². The highest BCUT2D eigenvalue weighted by molar-refractivity contribution is 7.27. The topological polar surface area (TPSA) is 110 Å². The van der Waals surface area contributed by atoms with Gasteiger partial charge >= 0.3 is 0 Å². The maximum absolute atomic E-state index is 13.8. The zero-order chi connectivity index (χ0) is 32.8. The van der Waals surface area contributed by atoms with Gasteiger partial charge in [0.25, 0.3) is 0 Å². The summed E-state index contributed by atoms with van der Waals surface area (Å²) >= 11 is 3.57. The highest BCUT2D eigenvalue weighted by Gasteiger charge is 2.36. The highest BCUT2D eigenvalue weighted by Crippen LogP contribution is 2.44. The summed E-state index contributed by atoms with van der Waals surface area (Å²) in [5.74, 6) is 1.47. The lowest BCUT2D eigenvalue weighted by atomic mass is 10.0. The smallest absolute Gasteiger partial charge is 0.250 e. The molecule has 2 fully saturated rings. The molecule has 3 atom stereocenters. The average molecular weight is 676 g/mol. The average Bonchev–Trinajstić information content (AvgIpc) is 3.94. The summed E-state index contributed by atoms with van der Waals surface area (Å²) in [6, 6.07) is 17.5. The number of likely N-dealkylation sites (tertiary alicyclic amines) is 2. The predicted octanol–water partition coefficient (Wildman–Crippen LogP) is 7.72. The van der Waals surface area contributed by atoms with Crippen LogP contribution in [0.3, 0.4) is 0 Å². The molecule has 2 aromatic carbocycles. The number of benzene rings is 2. The van der Waals surface area contributed by atoms with Crippen LogP contribution in [-0.4, -0.2) is 61.7 Å². The lowest BCUT2D eigenvalue weighted by Gasteiger charge is -2.28. The minimum absolute atomic E-state index is 0.116. The van der Waals surface area contributed by atoms with Crippen LogP contribution in [0.2, 0.25) is 0 Å². The first kappa shape index (κ1) is 30.7. The quantitative estimate of drug-likeness (QED) is 0.153. The van der Waals surface area contributed by atoms with Crippen molar-refractivity contribution in [3.63, 3.8) is 0 Å². The van der Waals surface area contributed by atoms with Crippen molar-refractivity contribution < 1.29 is 9.59 Å². The van der Waals surface area contributed by atoms with Gasteiger partial charge in [-0.05, 0) is 56.0 Å². The molecule has 0 bridgehead atoms. The number of fused-ring (bicyclic) bond motifs is 1. The molecule has 2 aliphatic heterocycles. The molecule has 48 heavy (non-hydrogen) atoms. The molecule has 2 aliphatic rings. The third-order valence-electron chi connectivity index (χ3n) is 9.69. The van der Waals surface area contributed by atoms with Crippen LogP contribution in [0.15, 0.2) is 77.8 Å². The third kappa shape index (κ3) is 5.65. The summed E-state index contributed by atoms with van der Waals surface area (Å²) < 4.78 is 2.58. The number of amides is 2. The monoisotopic (exact) mass is 675 g/mol. The number of nitrogens with zero attached hydrogens (tertiary/aromatic N) is 4. The molecule has 0 radical (unpaired) electrons. The van der Waals surface area contributed by atoms with Gasteiger partial charge in [-0.3, -0.25) is 14.5 Å². The van der Waals surface area contributed by atoms with Gasteiger partial charge in [-0.25, -0.2) is 9.97 Å². The number of aromatic nitrogens is 4. The Labute approximate surface area is 287 Å². The summed E-state index contributed by atoms with van der Waals surface area (Å²) in [4.78, 5) is 46.7. The zero-order valence-electron chi connectivity index (χ0n) is 26.9. The van der Waals surface area contributed by atoms with Crippen molar-refractivity contribution in [3.8, 4) is 33.6 Å². The van der Waals surface area contributed by atoms with Crippen LogP contribution in [0.1, 0.15) is 67.9 Å². The summed E-state index contributed by atoms with van der Waals surface area (Å²) in [5, 5.41) is 7.36. The number of rotatable bonds is 8. The fourth-order valence-electron chi connectivity index (χ4n) is 7.20. The Bertz CT molecular complexity index is 2080. The van der Waals surface area contributed by atoms with Gasteiger partial charge < -0.3 is 20.2 Å². The van der Waals surface area contributed by atoms with Crippen molar-refractivity contribution >= 4 is 43.9 Å². The second kappa shape index (κ2) is 12.8. The van der Waals surface area contributed by atoms with Crippen LogP contribution in [0.25, 0.3) is 43.0 Å². The Kier molecular flexibility index (Phi) is 8.19. The molecule has 11 heteroatoms. The first-order chi connectivity index (χ1) is 23.4. The lowest BCUT2D eigenvalue weighted by Crippen LogP contribution is -2.42. The molecule has 9 nitrogen and oxygen atoms in total. The molecular formula is C37H37N7O2S2. The van der Waals surface area contributed by atoms with E-state index in [0.29, 0.717) is 12.6 Å². The standard InChI is InChI=1S/C37H37N7O2S2/c1-22(45)40-32(25-8-4-3-5-9-25)37(46)44-17-7-11-31(44)36-38-18-28(41-36)24-14-12-23(13-15-24)26-20-47-34-27(21-48-33(26)34)29-19-39-35(42-29)30-10-6-16-43(30)2/h3-5,8-9,12-15,18-21,30-32H,6-7,10-11,16-17H2,1-2H3,(H,38,41)(H,39,42)(H,40,45)/t30-,31-,32?/m0/s1. The van der Waals surface area contributed by atoms with E-state index in [1.165, 1.54) is 39.4 Å². The van der Waals surface area contributed by atoms with Gasteiger partial charge in [0.2, 0.25) is 11.8 Å². The van der Waals surface area contributed by atoms with Crippen LogP contribution in [0.5, 0.6) is 0 Å². The van der Waals surface area contributed by atoms with E-state index in [2.05, 4.69) is 62.3 Å². The molecule has 0 saturated carbocycles. The van der Waals surface area contributed by atoms with E-state index in [4.69, 9.17) is 9.97 Å². The number of hydrogen-bond donors (Lipinski definition) is 3. The molecule has 1 unspecified atom stereocenters. The second-order valence-electron chi connectivity index (χ2n) is 12.8. The van der Waals surface area contributed by atoms with E-state index in [-0.39, 0.29) is 17.9 Å². The van der Waals surface area contributed by atoms with Crippen molar-refractivity contribution in [2.24, 2.45) is 0 Å². The first-order valence-electron chi connectivity index (χ1n) is 16.5. The van der Waals surface area contributed by atoms with E-state index >= 15 is 0 Å². The van der Waals surface area contributed by atoms with E-state index < -0.39 is 6.04 Å². The molecule has 8 rings (SSSR count). The summed E-state index contributed by atoms with van der Waals surface area (Å²) in [6.07, 6.45) is 7.89. The Morgan fingerprint density at radius 2 is 1.44 bits per heavy atom. The molecule has 2 saturated heterocycles.